The number of likely N-dealkylation sites (tertiary alicyclic amines) is 1. The van der Waals surface area contributed by atoms with E-state index in [1.807, 2.05) is 31.2 Å². The molecule has 6 nitrogen and oxygen atoms in total. The number of hydrogen-bond acceptors (Lipinski definition) is 5. The predicted molar refractivity (Wildman–Crippen MR) is 112 cm³/mol. The number of hydrogen-bond donors (Lipinski definition) is 1. The first-order chi connectivity index (χ1) is 14.0. The molecule has 1 N–H and O–H groups in total. The Morgan fingerprint density at radius 1 is 1.14 bits per heavy atom. The molecular formula is C23H27N3O3. The zero-order chi connectivity index (χ0) is 21.0. The minimum atomic E-state index is -0.648. The van der Waals surface area contributed by atoms with Gasteiger partial charge in [0.1, 0.15) is 5.76 Å². The molecule has 1 aliphatic heterocycles. The smallest absolute Gasteiger partial charge is 0.295 e. The Hall–Kier alpha value is -2.99. The van der Waals surface area contributed by atoms with Crippen LogP contribution in [0, 0.1) is 6.92 Å². The van der Waals surface area contributed by atoms with Crippen molar-refractivity contribution < 1.29 is 14.7 Å². The third-order valence-electron chi connectivity index (χ3n) is 5.40. The number of aromatic nitrogens is 1. The van der Waals surface area contributed by atoms with Gasteiger partial charge in [0.05, 0.1) is 11.6 Å². The molecule has 1 fully saturated rings. The Bertz CT molecular complexity index is 920. The van der Waals surface area contributed by atoms with E-state index in [4.69, 9.17) is 0 Å². The minimum absolute atomic E-state index is 0.131. The summed E-state index contributed by atoms with van der Waals surface area (Å²) in [6.07, 6.45) is 3.10. The Morgan fingerprint density at radius 2 is 1.83 bits per heavy atom. The number of rotatable bonds is 7. The minimum Gasteiger partial charge on any atom is -0.507 e. The van der Waals surface area contributed by atoms with Gasteiger partial charge in [-0.15, -0.1) is 0 Å². The lowest BCUT2D eigenvalue weighted by Crippen LogP contribution is -2.38. The fraction of sp³-hybridized carbons (Fsp3) is 0.348. The van der Waals surface area contributed by atoms with Crippen molar-refractivity contribution in [1.29, 1.82) is 0 Å². The van der Waals surface area contributed by atoms with Crippen LogP contribution >= 0.6 is 0 Å². The molecule has 1 unspecified atom stereocenters. The molecule has 0 bridgehead atoms. The summed E-state index contributed by atoms with van der Waals surface area (Å²) in [5.74, 6) is -1.38. The first-order valence-corrected chi connectivity index (χ1v) is 9.95. The molecule has 0 spiro atoms. The Kier molecular flexibility index (Phi) is 6.44. The Balaban J connectivity index is 2.09. The largest absolute Gasteiger partial charge is 0.507 e. The lowest BCUT2D eigenvalue weighted by molar-refractivity contribution is -0.140. The van der Waals surface area contributed by atoms with Crippen LogP contribution in [0.1, 0.15) is 36.6 Å². The lowest BCUT2D eigenvalue weighted by Gasteiger charge is -2.28. The number of pyridine rings is 1. The summed E-state index contributed by atoms with van der Waals surface area (Å²) in [4.78, 5) is 33.6. The van der Waals surface area contributed by atoms with E-state index in [1.165, 1.54) is 0 Å². The standard InChI is InChI=1S/C23H27N3O3/c1-4-25(5-2)13-14-26-20(18-8-6-7-16(3)15-18)19(22(28)23(26)29)21(27)17-9-11-24-12-10-17/h6-12,15,20,27H,4-5,13-14H2,1-3H3/b21-19-. The molecule has 1 saturated heterocycles. The second-order valence-corrected chi connectivity index (χ2v) is 7.17. The molecule has 1 amide bonds. The van der Waals surface area contributed by atoms with Gasteiger partial charge in [-0.1, -0.05) is 43.7 Å². The number of ketones is 1. The van der Waals surface area contributed by atoms with E-state index in [1.54, 1.807) is 29.4 Å². The van der Waals surface area contributed by atoms with Crippen LogP contribution < -0.4 is 0 Å². The average Bonchev–Trinajstić information content (AvgIpc) is 2.99. The molecular weight excluding hydrogens is 366 g/mol. The third kappa shape index (κ3) is 4.22. The van der Waals surface area contributed by atoms with E-state index in [9.17, 15) is 14.7 Å². The van der Waals surface area contributed by atoms with Crippen LogP contribution in [0.25, 0.3) is 5.76 Å². The molecule has 0 aliphatic carbocycles. The maximum absolute atomic E-state index is 12.9. The summed E-state index contributed by atoms with van der Waals surface area (Å²) in [5.41, 5.74) is 2.45. The van der Waals surface area contributed by atoms with Crippen molar-refractivity contribution in [3.05, 3.63) is 71.1 Å². The quantitative estimate of drug-likeness (QED) is 0.444. The van der Waals surface area contributed by atoms with Gasteiger partial charge in [0, 0.05) is 31.0 Å². The lowest BCUT2D eigenvalue weighted by atomic mass is 9.94. The second-order valence-electron chi connectivity index (χ2n) is 7.17. The number of amides is 1. The normalized spacial score (nSPS) is 18.6. The van der Waals surface area contributed by atoms with Crippen molar-refractivity contribution in [2.24, 2.45) is 0 Å². The maximum atomic E-state index is 12.9. The summed E-state index contributed by atoms with van der Waals surface area (Å²) < 4.78 is 0. The summed E-state index contributed by atoms with van der Waals surface area (Å²) in [6, 6.07) is 10.4. The van der Waals surface area contributed by atoms with Gasteiger partial charge in [0.2, 0.25) is 0 Å². The van der Waals surface area contributed by atoms with Gasteiger partial charge in [0.25, 0.3) is 11.7 Å². The summed E-state index contributed by atoms with van der Waals surface area (Å²) in [5, 5.41) is 10.9. The van der Waals surface area contributed by atoms with Crippen molar-refractivity contribution in [1.82, 2.24) is 14.8 Å². The van der Waals surface area contributed by atoms with E-state index < -0.39 is 17.7 Å². The van der Waals surface area contributed by atoms with Crippen molar-refractivity contribution in [2.45, 2.75) is 26.8 Å². The van der Waals surface area contributed by atoms with Crippen LogP contribution in [0.2, 0.25) is 0 Å². The fourth-order valence-corrected chi connectivity index (χ4v) is 3.75. The highest BCUT2D eigenvalue weighted by Gasteiger charge is 2.45. The molecule has 1 aromatic heterocycles. The zero-order valence-electron chi connectivity index (χ0n) is 17.1. The summed E-state index contributed by atoms with van der Waals surface area (Å²) in [7, 11) is 0. The number of nitrogens with zero attached hydrogens (tertiary/aromatic N) is 3. The number of likely N-dealkylation sites (N-methyl/N-ethyl adjacent to an activating group) is 1. The fourth-order valence-electron chi connectivity index (χ4n) is 3.75. The Labute approximate surface area is 171 Å². The molecule has 0 radical (unpaired) electrons. The molecule has 2 aromatic rings. The average molecular weight is 393 g/mol. The topological polar surface area (TPSA) is 73.7 Å². The van der Waals surface area contributed by atoms with Gasteiger partial charge >= 0.3 is 0 Å². The Morgan fingerprint density at radius 3 is 2.45 bits per heavy atom. The van der Waals surface area contributed by atoms with Gasteiger partial charge in [0.15, 0.2) is 0 Å². The molecule has 3 rings (SSSR count). The van der Waals surface area contributed by atoms with Crippen LogP contribution in [0.5, 0.6) is 0 Å². The van der Waals surface area contributed by atoms with E-state index in [0.717, 1.165) is 24.2 Å². The SMILES string of the molecule is CCN(CC)CCN1C(=O)C(=O)/C(=C(\O)c2ccncc2)C1c1cccc(C)c1. The van der Waals surface area contributed by atoms with Crippen molar-refractivity contribution in [2.75, 3.05) is 26.2 Å². The number of aliphatic hydroxyl groups excluding tert-OH is 1. The molecule has 0 saturated carbocycles. The molecule has 1 aromatic carbocycles. The third-order valence-corrected chi connectivity index (χ3v) is 5.40. The number of carbonyl (C=O) groups is 2. The highest BCUT2D eigenvalue weighted by molar-refractivity contribution is 6.46. The van der Waals surface area contributed by atoms with Crippen LogP contribution in [0.3, 0.4) is 0 Å². The zero-order valence-corrected chi connectivity index (χ0v) is 17.1. The first-order valence-electron chi connectivity index (χ1n) is 9.95. The number of aryl methyl sites for hydroxylation is 1. The maximum Gasteiger partial charge on any atom is 0.295 e. The van der Waals surface area contributed by atoms with Gasteiger partial charge < -0.3 is 14.9 Å². The van der Waals surface area contributed by atoms with Gasteiger partial charge in [-0.3, -0.25) is 14.6 Å². The van der Waals surface area contributed by atoms with Crippen LogP contribution in [-0.2, 0) is 9.59 Å². The van der Waals surface area contributed by atoms with Crippen LogP contribution in [0.15, 0.2) is 54.4 Å². The summed E-state index contributed by atoms with van der Waals surface area (Å²) in [6.45, 7) is 8.92. The molecule has 152 valence electrons. The van der Waals surface area contributed by atoms with Gasteiger partial charge in [-0.05, 0) is 37.7 Å². The summed E-state index contributed by atoms with van der Waals surface area (Å²) >= 11 is 0. The van der Waals surface area contributed by atoms with E-state index >= 15 is 0 Å². The predicted octanol–water partition coefficient (Wildman–Crippen LogP) is 3.15. The molecule has 2 heterocycles. The number of benzene rings is 1. The van der Waals surface area contributed by atoms with E-state index in [2.05, 4.69) is 23.7 Å². The molecule has 29 heavy (non-hydrogen) atoms. The van der Waals surface area contributed by atoms with Crippen molar-refractivity contribution in [3.63, 3.8) is 0 Å². The van der Waals surface area contributed by atoms with Crippen LogP contribution in [0.4, 0.5) is 0 Å². The molecule has 6 heteroatoms. The van der Waals surface area contributed by atoms with E-state index in [0.29, 0.717) is 18.7 Å². The van der Waals surface area contributed by atoms with Gasteiger partial charge in [-0.2, -0.15) is 0 Å². The first kappa shape index (κ1) is 20.7. The van der Waals surface area contributed by atoms with Gasteiger partial charge in [-0.25, -0.2) is 0 Å². The monoisotopic (exact) mass is 393 g/mol. The highest BCUT2D eigenvalue weighted by atomic mass is 16.3. The van der Waals surface area contributed by atoms with E-state index in [-0.39, 0.29) is 11.3 Å². The van der Waals surface area contributed by atoms with Crippen molar-refractivity contribution >= 4 is 17.4 Å². The highest BCUT2D eigenvalue weighted by Crippen LogP contribution is 2.39. The number of aliphatic hydroxyl groups is 1. The number of carbonyl (C=O) groups excluding carboxylic acids is 2. The molecule has 1 atom stereocenters. The molecule has 1 aliphatic rings. The van der Waals surface area contributed by atoms with Crippen molar-refractivity contribution in [3.8, 4) is 0 Å². The number of Topliss-reactive ketones (excluding diaryl/α,β-unsaturated/α-hetero) is 1. The second kappa shape index (κ2) is 9.01. The van der Waals surface area contributed by atoms with Crippen LogP contribution in [-0.4, -0.2) is 57.8 Å².